The number of halogens is 5. The highest BCUT2D eigenvalue weighted by atomic mass is 35.6. The normalized spacial score (nSPS) is 12.3. The molecule has 0 unspecified atom stereocenters. The quantitative estimate of drug-likeness (QED) is 0.0716. The zero-order valence-electron chi connectivity index (χ0n) is 20.4. The van der Waals surface area contributed by atoms with Gasteiger partial charge in [0.15, 0.2) is 5.11 Å². The number of thiocarbonyl (C=S) groups is 1. The van der Waals surface area contributed by atoms with Crippen molar-refractivity contribution in [3.63, 3.8) is 0 Å². The third-order valence-electron chi connectivity index (χ3n) is 5.59. The Morgan fingerprint density at radius 1 is 0.829 bits per heavy atom. The Morgan fingerprint density at radius 2 is 1.34 bits per heavy atom. The SMILES string of the molecule is CCCCCCCCCCCCCCCC(=O)N[C@@H](NC(=S)Nc1ccc(Cl)c(Cl)c1)C(Cl)(Cl)Cl. The number of alkyl halides is 3. The fourth-order valence-corrected chi connectivity index (χ4v) is 4.47. The zero-order chi connectivity index (χ0) is 26.1. The molecule has 35 heavy (non-hydrogen) atoms. The molecule has 0 aliphatic rings. The van der Waals surface area contributed by atoms with Crippen LogP contribution in [0.2, 0.25) is 10.0 Å². The summed E-state index contributed by atoms with van der Waals surface area (Å²) in [4.78, 5) is 12.4. The third-order valence-corrected chi connectivity index (χ3v) is 7.21. The fourth-order valence-electron chi connectivity index (χ4n) is 3.61. The van der Waals surface area contributed by atoms with E-state index in [2.05, 4.69) is 22.9 Å². The summed E-state index contributed by atoms with van der Waals surface area (Å²) in [5.41, 5.74) is 0.610. The largest absolute Gasteiger partial charge is 0.339 e. The minimum atomic E-state index is -1.80. The minimum absolute atomic E-state index is 0.168. The van der Waals surface area contributed by atoms with Crippen molar-refractivity contribution in [3.8, 4) is 0 Å². The van der Waals surface area contributed by atoms with E-state index in [0.29, 0.717) is 22.2 Å². The van der Waals surface area contributed by atoms with Crippen molar-refractivity contribution in [3.05, 3.63) is 28.2 Å². The van der Waals surface area contributed by atoms with Gasteiger partial charge in [0.05, 0.1) is 10.0 Å². The van der Waals surface area contributed by atoms with Crippen molar-refractivity contribution in [1.82, 2.24) is 10.6 Å². The zero-order valence-corrected chi connectivity index (χ0v) is 25.0. The summed E-state index contributed by atoms with van der Waals surface area (Å²) in [6.45, 7) is 2.25. The molecule has 1 aromatic rings. The van der Waals surface area contributed by atoms with Crippen LogP contribution in [0.25, 0.3) is 0 Å². The molecule has 0 saturated carbocycles. The summed E-state index contributed by atoms with van der Waals surface area (Å²) in [5, 5.41) is 9.46. The number of carbonyl (C=O) groups is 1. The summed E-state index contributed by atoms with van der Waals surface area (Å²) in [6, 6.07) is 4.97. The standard InChI is InChI=1S/C25H38Cl5N3OS/c1-2-3-4-5-6-7-8-9-10-11-12-13-14-15-22(34)32-23(25(28,29)30)33-24(35)31-19-16-17-20(26)21(27)18-19/h16-18,23H,2-15H2,1H3,(H,32,34)(H2,31,33,35)/t23-/m0/s1. The first-order chi connectivity index (χ1) is 16.6. The number of benzene rings is 1. The first kappa shape index (κ1) is 32.9. The van der Waals surface area contributed by atoms with Crippen molar-refractivity contribution in [2.45, 2.75) is 107 Å². The maximum atomic E-state index is 12.4. The van der Waals surface area contributed by atoms with E-state index in [1.54, 1.807) is 18.2 Å². The molecule has 0 bridgehead atoms. The van der Waals surface area contributed by atoms with Crippen LogP contribution in [0.3, 0.4) is 0 Å². The minimum Gasteiger partial charge on any atom is -0.339 e. The van der Waals surface area contributed by atoms with Crippen molar-refractivity contribution >= 4 is 86.9 Å². The molecule has 200 valence electrons. The van der Waals surface area contributed by atoms with E-state index >= 15 is 0 Å². The summed E-state index contributed by atoms with van der Waals surface area (Å²) in [5.74, 6) is -0.200. The molecule has 0 heterocycles. The second-order valence-electron chi connectivity index (χ2n) is 8.76. The first-order valence-corrected chi connectivity index (χ1v) is 14.8. The average molecular weight is 606 g/mol. The molecule has 1 rings (SSSR count). The summed E-state index contributed by atoms with van der Waals surface area (Å²) in [6.07, 6.45) is 15.6. The summed E-state index contributed by atoms with van der Waals surface area (Å²) in [7, 11) is 0. The molecule has 0 aliphatic heterocycles. The van der Waals surface area contributed by atoms with Gasteiger partial charge < -0.3 is 16.0 Å². The molecule has 1 amide bonds. The van der Waals surface area contributed by atoms with Crippen LogP contribution in [0, 0.1) is 0 Å². The second kappa shape index (κ2) is 19.0. The van der Waals surface area contributed by atoms with Gasteiger partial charge in [-0.1, -0.05) is 142 Å². The predicted octanol–water partition coefficient (Wildman–Crippen LogP) is 9.57. The lowest BCUT2D eigenvalue weighted by molar-refractivity contribution is -0.122. The van der Waals surface area contributed by atoms with E-state index < -0.39 is 9.96 Å². The number of nitrogens with one attached hydrogen (secondary N) is 3. The van der Waals surface area contributed by atoms with Gasteiger partial charge in [-0.3, -0.25) is 4.79 Å². The van der Waals surface area contributed by atoms with Gasteiger partial charge in [-0.25, -0.2) is 0 Å². The smallest absolute Gasteiger partial charge is 0.228 e. The Morgan fingerprint density at radius 3 is 1.83 bits per heavy atom. The van der Waals surface area contributed by atoms with Crippen LogP contribution < -0.4 is 16.0 Å². The lowest BCUT2D eigenvalue weighted by Gasteiger charge is -2.27. The van der Waals surface area contributed by atoms with Gasteiger partial charge in [-0.15, -0.1) is 0 Å². The molecule has 1 aromatic carbocycles. The molecule has 3 N–H and O–H groups in total. The monoisotopic (exact) mass is 603 g/mol. The molecule has 1 atom stereocenters. The summed E-state index contributed by atoms with van der Waals surface area (Å²) < 4.78 is -1.80. The number of amides is 1. The maximum absolute atomic E-state index is 12.4. The second-order valence-corrected chi connectivity index (χ2v) is 12.4. The average Bonchev–Trinajstić information content (AvgIpc) is 2.78. The fraction of sp³-hybridized carbons (Fsp3) is 0.680. The number of carbonyl (C=O) groups excluding carboxylic acids is 1. The highest BCUT2D eigenvalue weighted by Crippen LogP contribution is 2.29. The van der Waals surface area contributed by atoms with Crippen LogP contribution in [-0.2, 0) is 4.79 Å². The Hall–Kier alpha value is -0.170. The van der Waals surface area contributed by atoms with Gasteiger partial charge in [0.25, 0.3) is 0 Å². The van der Waals surface area contributed by atoms with Crippen molar-refractivity contribution < 1.29 is 4.79 Å². The Kier molecular flexibility index (Phi) is 17.8. The van der Waals surface area contributed by atoms with Gasteiger partial charge in [-0.2, -0.15) is 0 Å². The van der Waals surface area contributed by atoms with Crippen LogP contribution in [0.4, 0.5) is 5.69 Å². The Bertz CT molecular complexity index is 761. The van der Waals surface area contributed by atoms with E-state index in [0.717, 1.165) is 19.3 Å². The van der Waals surface area contributed by atoms with Gasteiger partial charge in [-0.05, 0) is 36.8 Å². The van der Waals surface area contributed by atoms with Crippen molar-refractivity contribution in [1.29, 1.82) is 0 Å². The molecular formula is C25H38Cl5N3OS. The van der Waals surface area contributed by atoms with Crippen LogP contribution in [0.15, 0.2) is 18.2 Å². The lowest BCUT2D eigenvalue weighted by Crippen LogP contribution is -2.56. The van der Waals surface area contributed by atoms with Crippen LogP contribution >= 0.6 is 70.2 Å². The number of unbranched alkanes of at least 4 members (excludes halogenated alkanes) is 12. The van der Waals surface area contributed by atoms with E-state index in [1.807, 2.05) is 0 Å². The third kappa shape index (κ3) is 16.3. The van der Waals surface area contributed by atoms with Crippen LogP contribution in [0.5, 0.6) is 0 Å². The van der Waals surface area contributed by atoms with Crippen molar-refractivity contribution in [2.24, 2.45) is 0 Å². The van der Waals surface area contributed by atoms with Gasteiger partial charge in [0, 0.05) is 12.1 Å². The molecule has 0 aliphatic carbocycles. The predicted molar refractivity (Wildman–Crippen MR) is 158 cm³/mol. The van der Waals surface area contributed by atoms with Crippen LogP contribution in [-0.4, -0.2) is 21.0 Å². The highest BCUT2D eigenvalue weighted by molar-refractivity contribution is 7.80. The van der Waals surface area contributed by atoms with Gasteiger partial charge in [0.1, 0.15) is 6.17 Å². The summed E-state index contributed by atoms with van der Waals surface area (Å²) >= 11 is 35.4. The van der Waals surface area contributed by atoms with Crippen molar-refractivity contribution in [2.75, 3.05) is 5.32 Å². The number of anilines is 1. The van der Waals surface area contributed by atoms with Gasteiger partial charge in [0.2, 0.25) is 9.70 Å². The van der Waals surface area contributed by atoms with E-state index in [9.17, 15) is 4.79 Å². The molecule has 0 spiro atoms. The maximum Gasteiger partial charge on any atom is 0.228 e. The number of hydrogen-bond acceptors (Lipinski definition) is 2. The molecule has 10 heteroatoms. The topological polar surface area (TPSA) is 53.2 Å². The number of rotatable bonds is 17. The Labute approximate surface area is 241 Å². The highest BCUT2D eigenvalue weighted by Gasteiger charge is 2.34. The van der Waals surface area contributed by atoms with E-state index in [1.165, 1.54) is 64.2 Å². The molecule has 0 aromatic heterocycles. The lowest BCUT2D eigenvalue weighted by atomic mass is 10.0. The molecule has 0 saturated heterocycles. The van der Waals surface area contributed by atoms with Crippen LogP contribution in [0.1, 0.15) is 96.8 Å². The van der Waals surface area contributed by atoms with Gasteiger partial charge >= 0.3 is 0 Å². The number of hydrogen-bond donors (Lipinski definition) is 3. The van der Waals surface area contributed by atoms with E-state index in [-0.39, 0.29) is 11.0 Å². The molecule has 0 fully saturated rings. The first-order valence-electron chi connectivity index (χ1n) is 12.5. The molecule has 4 nitrogen and oxygen atoms in total. The van der Waals surface area contributed by atoms with E-state index in [4.69, 9.17) is 70.2 Å². The molecular weight excluding hydrogens is 568 g/mol. The Balaban J connectivity index is 2.22. The molecule has 0 radical (unpaired) electrons.